The van der Waals surface area contributed by atoms with E-state index in [9.17, 15) is 0 Å². The fourth-order valence-electron chi connectivity index (χ4n) is 3.50. The van der Waals surface area contributed by atoms with Gasteiger partial charge in [-0.1, -0.05) is 42.5 Å². The Balaban J connectivity index is 1.39. The summed E-state index contributed by atoms with van der Waals surface area (Å²) in [6.45, 7) is 0.427. The van der Waals surface area contributed by atoms with Gasteiger partial charge in [-0.3, -0.25) is 9.67 Å². The predicted molar refractivity (Wildman–Crippen MR) is 118 cm³/mol. The molecule has 2 aromatic carbocycles. The first kappa shape index (κ1) is 18.1. The van der Waals surface area contributed by atoms with Crippen LogP contribution in [-0.4, -0.2) is 19.7 Å². The molecule has 30 heavy (non-hydrogen) atoms. The van der Waals surface area contributed by atoms with Crippen LogP contribution in [0.4, 0.5) is 0 Å². The number of hydrogen-bond donors (Lipinski definition) is 0. The van der Waals surface area contributed by atoms with E-state index in [1.54, 1.807) is 17.1 Å². The maximum Gasteiger partial charge on any atom is 0.241 e. The summed E-state index contributed by atoms with van der Waals surface area (Å²) in [6.07, 6.45) is 5.50. The molecule has 0 N–H and O–H groups in total. The minimum Gasteiger partial charge on any atom is -0.471 e. The summed E-state index contributed by atoms with van der Waals surface area (Å²) in [5.41, 5.74) is 6.05. The van der Waals surface area contributed by atoms with Crippen molar-refractivity contribution in [3.63, 3.8) is 0 Å². The second kappa shape index (κ2) is 7.79. The summed E-state index contributed by atoms with van der Waals surface area (Å²) in [6, 6.07) is 24.5. The lowest BCUT2D eigenvalue weighted by atomic mass is 10.1. The lowest BCUT2D eigenvalue weighted by molar-refractivity contribution is 0.292. The number of rotatable bonds is 5. The molecule has 0 amide bonds. The topological polar surface area (TPSA) is 52.8 Å². The summed E-state index contributed by atoms with van der Waals surface area (Å²) in [4.78, 5) is 8.88. The maximum atomic E-state index is 6.09. The van der Waals surface area contributed by atoms with Crippen molar-refractivity contribution in [2.45, 2.75) is 6.61 Å². The molecule has 0 unspecified atom stereocenters. The maximum absolute atomic E-state index is 6.09. The fraction of sp³-hybridized carbons (Fsp3) is 0.0800. The standard InChI is InChI=1S/C25H20N4O/c1-29-16-22(19-11-13-26-14-12-19)25(28-29)30-17-18-5-4-7-21(15-18)24-10-9-20-6-2-3-8-23(20)27-24/h2-16H,17H2,1H3. The normalized spacial score (nSPS) is 11.0. The summed E-state index contributed by atoms with van der Waals surface area (Å²) in [7, 11) is 1.89. The number of fused-ring (bicyclic) bond motifs is 1. The van der Waals surface area contributed by atoms with E-state index in [4.69, 9.17) is 9.72 Å². The molecule has 0 aliphatic carbocycles. The first-order valence-electron chi connectivity index (χ1n) is 9.78. The highest BCUT2D eigenvalue weighted by molar-refractivity contribution is 5.81. The molecule has 0 aliphatic rings. The van der Waals surface area contributed by atoms with Crippen LogP contribution in [0.2, 0.25) is 0 Å². The molecule has 0 aliphatic heterocycles. The van der Waals surface area contributed by atoms with Crippen molar-refractivity contribution in [3.05, 3.63) is 97.0 Å². The zero-order valence-electron chi connectivity index (χ0n) is 16.6. The van der Waals surface area contributed by atoms with E-state index < -0.39 is 0 Å². The smallest absolute Gasteiger partial charge is 0.241 e. The van der Waals surface area contributed by atoms with Gasteiger partial charge in [0.1, 0.15) is 6.61 Å². The summed E-state index contributed by atoms with van der Waals surface area (Å²) >= 11 is 0. The van der Waals surface area contributed by atoms with E-state index in [0.29, 0.717) is 12.5 Å². The quantitative estimate of drug-likeness (QED) is 0.408. The Kier molecular flexibility index (Phi) is 4.69. The lowest BCUT2D eigenvalue weighted by Crippen LogP contribution is -1.98. The zero-order valence-corrected chi connectivity index (χ0v) is 16.6. The molecule has 5 nitrogen and oxygen atoms in total. The molecule has 0 spiro atoms. The molecular weight excluding hydrogens is 372 g/mol. The Labute approximate surface area is 174 Å². The highest BCUT2D eigenvalue weighted by Crippen LogP contribution is 2.29. The van der Waals surface area contributed by atoms with E-state index in [-0.39, 0.29) is 0 Å². The van der Waals surface area contributed by atoms with Gasteiger partial charge in [-0.25, -0.2) is 4.98 Å². The molecule has 0 fully saturated rings. The summed E-state index contributed by atoms with van der Waals surface area (Å²) in [5.74, 6) is 0.609. The van der Waals surface area contributed by atoms with Gasteiger partial charge >= 0.3 is 0 Å². The number of ether oxygens (including phenoxy) is 1. The third kappa shape index (κ3) is 3.65. The number of hydrogen-bond acceptors (Lipinski definition) is 4. The van der Waals surface area contributed by atoms with Gasteiger partial charge in [-0.05, 0) is 41.5 Å². The Bertz CT molecular complexity index is 1310. The molecule has 3 heterocycles. The molecule has 5 rings (SSSR count). The average Bonchev–Trinajstić information content (AvgIpc) is 3.18. The monoisotopic (exact) mass is 392 g/mol. The van der Waals surface area contributed by atoms with Gasteiger partial charge < -0.3 is 4.74 Å². The molecule has 3 aromatic heterocycles. The second-order valence-electron chi connectivity index (χ2n) is 7.14. The molecule has 5 heteroatoms. The SMILES string of the molecule is Cn1cc(-c2ccncc2)c(OCc2cccc(-c3ccc4ccccc4n3)c2)n1. The number of benzene rings is 2. The number of aromatic nitrogens is 4. The van der Waals surface area contributed by atoms with Crippen molar-refractivity contribution in [1.29, 1.82) is 0 Å². The third-order valence-electron chi connectivity index (χ3n) is 4.98. The van der Waals surface area contributed by atoms with Gasteiger partial charge in [-0.2, -0.15) is 0 Å². The molecular formula is C25H20N4O. The van der Waals surface area contributed by atoms with Crippen LogP contribution < -0.4 is 4.74 Å². The number of aryl methyl sites for hydroxylation is 1. The van der Waals surface area contributed by atoms with E-state index in [1.165, 1.54) is 0 Å². The molecule has 5 aromatic rings. The van der Waals surface area contributed by atoms with Gasteiger partial charge in [-0.15, -0.1) is 5.10 Å². The van der Waals surface area contributed by atoms with E-state index >= 15 is 0 Å². The highest BCUT2D eigenvalue weighted by Gasteiger charge is 2.12. The van der Waals surface area contributed by atoms with Crippen molar-refractivity contribution < 1.29 is 4.74 Å². The van der Waals surface area contributed by atoms with Crippen LogP contribution in [0.5, 0.6) is 5.88 Å². The van der Waals surface area contributed by atoms with Crippen LogP contribution in [0.1, 0.15) is 5.56 Å². The van der Waals surface area contributed by atoms with Crippen molar-refractivity contribution in [2.24, 2.45) is 7.05 Å². The van der Waals surface area contributed by atoms with Gasteiger partial charge in [0, 0.05) is 36.6 Å². The van der Waals surface area contributed by atoms with E-state index in [0.717, 1.165) is 38.9 Å². The highest BCUT2D eigenvalue weighted by atomic mass is 16.5. The van der Waals surface area contributed by atoms with Crippen molar-refractivity contribution >= 4 is 10.9 Å². The van der Waals surface area contributed by atoms with E-state index in [1.807, 2.05) is 49.6 Å². The van der Waals surface area contributed by atoms with Crippen molar-refractivity contribution in [3.8, 4) is 28.3 Å². The second-order valence-corrected chi connectivity index (χ2v) is 7.14. The Morgan fingerprint density at radius 2 is 1.73 bits per heavy atom. The van der Waals surface area contributed by atoms with Crippen LogP contribution in [0.15, 0.2) is 91.4 Å². The first-order valence-corrected chi connectivity index (χ1v) is 9.78. The van der Waals surface area contributed by atoms with Crippen LogP contribution >= 0.6 is 0 Å². The van der Waals surface area contributed by atoms with Gasteiger partial charge in [0.25, 0.3) is 0 Å². The summed E-state index contributed by atoms with van der Waals surface area (Å²) in [5, 5.41) is 5.62. The van der Waals surface area contributed by atoms with Crippen LogP contribution in [0.3, 0.4) is 0 Å². The third-order valence-corrected chi connectivity index (χ3v) is 4.98. The summed E-state index contributed by atoms with van der Waals surface area (Å²) < 4.78 is 7.85. The van der Waals surface area contributed by atoms with Gasteiger partial charge in [0.05, 0.1) is 16.8 Å². The average molecular weight is 392 g/mol. The number of para-hydroxylation sites is 1. The molecule has 0 saturated heterocycles. The van der Waals surface area contributed by atoms with Crippen LogP contribution in [0.25, 0.3) is 33.3 Å². The van der Waals surface area contributed by atoms with Crippen molar-refractivity contribution in [2.75, 3.05) is 0 Å². The fourth-order valence-corrected chi connectivity index (χ4v) is 3.50. The molecule has 0 saturated carbocycles. The van der Waals surface area contributed by atoms with Crippen LogP contribution in [-0.2, 0) is 13.7 Å². The number of pyridine rings is 2. The molecule has 146 valence electrons. The lowest BCUT2D eigenvalue weighted by Gasteiger charge is -2.08. The predicted octanol–water partition coefficient (Wildman–Crippen LogP) is 5.28. The minimum atomic E-state index is 0.427. The Morgan fingerprint density at radius 1 is 0.867 bits per heavy atom. The van der Waals surface area contributed by atoms with Gasteiger partial charge in [0.15, 0.2) is 0 Å². The largest absolute Gasteiger partial charge is 0.471 e. The van der Waals surface area contributed by atoms with E-state index in [2.05, 4.69) is 46.5 Å². The zero-order chi connectivity index (χ0) is 20.3. The molecule has 0 atom stereocenters. The Morgan fingerprint density at radius 3 is 2.63 bits per heavy atom. The van der Waals surface area contributed by atoms with Crippen LogP contribution in [0, 0.1) is 0 Å². The minimum absolute atomic E-state index is 0.427. The first-order chi connectivity index (χ1) is 14.8. The molecule has 0 bridgehead atoms. The Hall–Kier alpha value is -3.99. The van der Waals surface area contributed by atoms with Gasteiger partial charge in [0.2, 0.25) is 5.88 Å². The van der Waals surface area contributed by atoms with Crippen molar-refractivity contribution in [1.82, 2.24) is 19.7 Å². The number of nitrogens with zero attached hydrogens (tertiary/aromatic N) is 4. The molecule has 0 radical (unpaired) electrons.